The van der Waals surface area contributed by atoms with Crippen LogP contribution in [0.4, 0.5) is 11.4 Å². The number of nitrogen functional groups attached to an aromatic ring is 1. The standard InChI is InChI=1S/C9H11N3O4/c1-2-16-9(13)7-4-3-6(11-10)5-8(7)12(14)15/h3-5,11H,2,10H2,1H3. The van der Waals surface area contributed by atoms with Gasteiger partial charge in [-0.2, -0.15) is 0 Å². The monoisotopic (exact) mass is 225 g/mol. The molecule has 16 heavy (non-hydrogen) atoms. The predicted molar refractivity (Wildman–Crippen MR) is 56.9 cm³/mol. The molecule has 0 unspecified atom stereocenters. The average molecular weight is 225 g/mol. The van der Waals surface area contributed by atoms with E-state index in [4.69, 9.17) is 10.6 Å². The molecule has 0 bridgehead atoms. The van der Waals surface area contributed by atoms with Gasteiger partial charge in [0.05, 0.1) is 17.2 Å². The van der Waals surface area contributed by atoms with Gasteiger partial charge in [-0.1, -0.05) is 0 Å². The molecule has 0 aliphatic heterocycles. The van der Waals surface area contributed by atoms with Crippen molar-refractivity contribution in [3.63, 3.8) is 0 Å². The smallest absolute Gasteiger partial charge is 0.345 e. The van der Waals surface area contributed by atoms with Crippen molar-refractivity contribution in [1.29, 1.82) is 0 Å². The number of nitro groups is 1. The number of hydrogen-bond donors (Lipinski definition) is 2. The summed E-state index contributed by atoms with van der Waals surface area (Å²) < 4.78 is 4.70. The summed E-state index contributed by atoms with van der Waals surface area (Å²) >= 11 is 0. The Bertz CT molecular complexity index is 419. The van der Waals surface area contributed by atoms with Gasteiger partial charge < -0.3 is 10.2 Å². The highest BCUT2D eigenvalue weighted by atomic mass is 16.6. The number of ether oxygens (including phenoxy) is 1. The molecule has 0 atom stereocenters. The zero-order chi connectivity index (χ0) is 12.1. The second-order valence-corrected chi connectivity index (χ2v) is 2.85. The number of nitrogens with zero attached hydrogens (tertiary/aromatic N) is 1. The summed E-state index contributed by atoms with van der Waals surface area (Å²) in [5, 5.41) is 10.7. The lowest BCUT2D eigenvalue weighted by atomic mass is 10.1. The second kappa shape index (κ2) is 5.08. The Balaban J connectivity index is 3.17. The Hall–Kier alpha value is -2.15. The fourth-order valence-corrected chi connectivity index (χ4v) is 1.15. The number of carbonyl (C=O) groups is 1. The van der Waals surface area contributed by atoms with Crippen LogP contribution in [0.3, 0.4) is 0 Å². The van der Waals surface area contributed by atoms with Crippen molar-refractivity contribution < 1.29 is 14.5 Å². The maximum absolute atomic E-state index is 11.4. The number of carbonyl (C=O) groups excluding carboxylic acids is 1. The molecule has 0 fully saturated rings. The van der Waals surface area contributed by atoms with Gasteiger partial charge in [-0.25, -0.2) is 4.79 Å². The molecule has 0 spiro atoms. The van der Waals surface area contributed by atoms with Crippen LogP contribution >= 0.6 is 0 Å². The fraction of sp³-hybridized carbons (Fsp3) is 0.222. The van der Waals surface area contributed by atoms with E-state index in [0.717, 1.165) is 0 Å². The van der Waals surface area contributed by atoms with Crippen LogP contribution in [0.1, 0.15) is 17.3 Å². The van der Waals surface area contributed by atoms with Crippen LogP contribution in [0.15, 0.2) is 18.2 Å². The molecule has 3 N–H and O–H groups in total. The van der Waals surface area contributed by atoms with Gasteiger partial charge in [0.25, 0.3) is 5.69 Å². The number of benzene rings is 1. The summed E-state index contributed by atoms with van der Waals surface area (Å²) in [5.41, 5.74) is 2.18. The molecule has 0 aliphatic carbocycles. The van der Waals surface area contributed by atoms with Crippen LogP contribution in [-0.2, 0) is 4.74 Å². The van der Waals surface area contributed by atoms with Gasteiger partial charge in [-0.05, 0) is 19.1 Å². The summed E-state index contributed by atoms with van der Waals surface area (Å²) in [5.74, 6) is 4.39. The maximum atomic E-state index is 11.4. The normalized spacial score (nSPS) is 9.62. The summed E-state index contributed by atoms with van der Waals surface area (Å²) in [4.78, 5) is 21.5. The number of nitrogens with one attached hydrogen (secondary N) is 1. The largest absolute Gasteiger partial charge is 0.462 e. The fourth-order valence-electron chi connectivity index (χ4n) is 1.15. The van der Waals surface area contributed by atoms with Crippen LogP contribution in [0.5, 0.6) is 0 Å². The van der Waals surface area contributed by atoms with E-state index in [1.54, 1.807) is 6.92 Å². The van der Waals surface area contributed by atoms with E-state index in [1.165, 1.54) is 18.2 Å². The van der Waals surface area contributed by atoms with Crippen LogP contribution < -0.4 is 11.3 Å². The van der Waals surface area contributed by atoms with Crippen LogP contribution in [-0.4, -0.2) is 17.5 Å². The van der Waals surface area contributed by atoms with Crippen molar-refractivity contribution in [3.8, 4) is 0 Å². The molecular weight excluding hydrogens is 214 g/mol. The maximum Gasteiger partial charge on any atom is 0.345 e. The van der Waals surface area contributed by atoms with E-state index >= 15 is 0 Å². The van der Waals surface area contributed by atoms with Gasteiger partial charge in [-0.3, -0.25) is 16.0 Å². The summed E-state index contributed by atoms with van der Waals surface area (Å²) in [6.07, 6.45) is 0. The van der Waals surface area contributed by atoms with E-state index in [9.17, 15) is 14.9 Å². The summed E-state index contributed by atoms with van der Waals surface area (Å²) in [7, 11) is 0. The first-order valence-corrected chi connectivity index (χ1v) is 4.52. The number of anilines is 1. The second-order valence-electron chi connectivity index (χ2n) is 2.85. The first-order chi connectivity index (χ1) is 7.60. The van der Waals surface area contributed by atoms with Crippen molar-refractivity contribution in [2.45, 2.75) is 6.92 Å². The quantitative estimate of drug-likeness (QED) is 0.343. The molecule has 0 radical (unpaired) electrons. The molecule has 0 aromatic heterocycles. The lowest BCUT2D eigenvalue weighted by Crippen LogP contribution is -2.11. The molecule has 7 nitrogen and oxygen atoms in total. The predicted octanol–water partition coefficient (Wildman–Crippen LogP) is 1.06. The zero-order valence-electron chi connectivity index (χ0n) is 8.60. The third-order valence-electron chi connectivity index (χ3n) is 1.86. The minimum Gasteiger partial charge on any atom is -0.462 e. The van der Waals surface area contributed by atoms with Gasteiger partial charge in [0.2, 0.25) is 0 Å². The highest BCUT2D eigenvalue weighted by Gasteiger charge is 2.21. The van der Waals surface area contributed by atoms with Gasteiger partial charge in [0.1, 0.15) is 5.56 Å². The van der Waals surface area contributed by atoms with Crippen LogP contribution in [0, 0.1) is 10.1 Å². The molecule has 0 heterocycles. The van der Waals surface area contributed by atoms with E-state index in [1.807, 2.05) is 0 Å². The van der Waals surface area contributed by atoms with Crippen molar-refractivity contribution in [3.05, 3.63) is 33.9 Å². The van der Waals surface area contributed by atoms with E-state index in [2.05, 4.69) is 5.43 Å². The van der Waals surface area contributed by atoms with Gasteiger partial charge in [0, 0.05) is 6.07 Å². The molecule has 0 amide bonds. The molecule has 0 saturated carbocycles. The topological polar surface area (TPSA) is 107 Å². The Morgan fingerprint density at radius 1 is 1.62 bits per heavy atom. The minimum absolute atomic E-state index is 0.0918. The average Bonchev–Trinajstić information content (AvgIpc) is 2.28. The van der Waals surface area contributed by atoms with E-state index in [-0.39, 0.29) is 17.9 Å². The first kappa shape index (κ1) is 11.9. The molecular formula is C9H11N3O4. The molecule has 1 rings (SSSR count). The highest BCUT2D eigenvalue weighted by Crippen LogP contribution is 2.23. The van der Waals surface area contributed by atoms with E-state index in [0.29, 0.717) is 5.69 Å². The summed E-state index contributed by atoms with van der Waals surface area (Å²) in [6.45, 7) is 1.78. The van der Waals surface area contributed by atoms with Gasteiger partial charge >= 0.3 is 5.97 Å². The van der Waals surface area contributed by atoms with Crippen molar-refractivity contribution in [2.75, 3.05) is 12.0 Å². The lowest BCUT2D eigenvalue weighted by Gasteiger charge is -2.04. The minimum atomic E-state index is -0.724. The number of esters is 1. The van der Waals surface area contributed by atoms with Crippen molar-refractivity contribution in [1.82, 2.24) is 0 Å². The Kier molecular flexibility index (Phi) is 3.78. The number of nitrogens with two attached hydrogens (primary N) is 1. The number of hydrogen-bond acceptors (Lipinski definition) is 6. The summed E-state index contributed by atoms with van der Waals surface area (Å²) in [6, 6.07) is 3.93. The SMILES string of the molecule is CCOC(=O)c1ccc(NN)cc1[N+](=O)[O-]. The molecule has 1 aromatic rings. The van der Waals surface area contributed by atoms with Gasteiger partial charge in [-0.15, -0.1) is 0 Å². The van der Waals surface area contributed by atoms with Crippen molar-refractivity contribution in [2.24, 2.45) is 5.84 Å². The zero-order valence-corrected chi connectivity index (χ0v) is 8.60. The molecule has 0 saturated heterocycles. The van der Waals surface area contributed by atoms with E-state index < -0.39 is 10.9 Å². The highest BCUT2D eigenvalue weighted by molar-refractivity contribution is 5.94. The molecule has 7 heteroatoms. The molecule has 86 valence electrons. The van der Waals surface area contributed by atoms with Crippen molar-refractivity contribution >= 4 is 17.3 Å². The molecule has 1 aromatic carbocycles. The third kappa shape index (κ3) is 2.45. The van der Waals surface area contributed by atoms with Crippen LogP contribution in [0.2, 0.25) is 0 Å². The Labute approximate surface area is 91.3 Å². The lowest BCUT2D eigenvalue weighted by molar-refractivity contribution is -0.385. The molecule has 0 aliphatic rings. The first-order valence-electron chi connectivity index (χ1n) is 4.52. The van der Waals surface area contributed by atoms with Gasteiger partial charge in [0.15, 0.2) is 0 Å². The number of hydrazine groups is 1. The third-order valence-corrected chi connectivity index (χ3v) is 1.86. The Morgan fingerprint density at radius 3 is 2.81 bits per heavy atom. The van der Waals surface area contributed by atoms with Crippen LogP contribution in [0.25, 0.3) is 0 Å². The Morgan fingerprint density at radius 2 is 2.31 bits per heavy atom. The number of rotatable bonds is 4. The number of nitro benzene ring substituents is 1.